The monoisotopic (exact) mass is 330 g/mol. The molecule has 3 aliphatic heterocycles. The zero-order valence-electron chi connectivity index (χ0n) is 13.4. The summed E-state index contributed by atoms with van der Waals surface area (Å²) >= 11 is 0. The number of nitrogens with zero attached hydrogens (tertiary/aromatic N) is 3. The van der Waals surface area contributed by atoms with Crippen LogP contribution in [-0.4, -0.2) is 91.3 Å². The smallest absolute Gasteiger partial charge is 0.211 e. The highest BCUT2D eigenvalue weighted by atomic mass is 32.2. The first-order valence-corrected chi connectivity index (χ1v) is 10.2. The van der Waals surface area contributed by atoms with Crippen LogP contribution in [0.15, 0.2) is 0 Å². The van der Waals surface area contributed by atoms with Crippen molar-refractivity contribution in [2.75, 3.05) is 45.5 Å². The molecule has 3 aliphatic rings. The molecule has 3 fully saturated rings. The number of aliphatic hydroxyl groups excluding tert-OH is 1. The van der Waals surface area contributed by atoms with Gasteiger partial charge in [-0.15, -0.1) is 0 Å². The second-order valence-corrected chi connectivity index (χ2v) is 8.94. The quantitative estimate of drug-likeness (QED) is 0.753. The van der Waals surface area contributed by atoms with Crippen molar-refractivity contribution in [2.45, 2.75) is 43.9 Å². The Labute approximate surface area is 134 Å². The van der Waals surface area contributed by atoms with Crippen LogP contribution in [0.3, 0.4) is 0 Å². The van der Waals surface area contributed by atoms with Gasteiger partial charge in [0.05, 0.1) is 12.4 Å². The van der Waals surface area contributed by atoms with E-state index in [2.05, 4.69) is 16.2 Å². The van der Waals surface area contributed by atoms with Crippen LogP contribution < -0.4 is 0 Å². The predicted octanol–water partition coefficient (Wildman–Crippen LogP) is -0.244. The number of fused-ring (bicyclic) bond motifs is 2. The molecule has 0 aromatic heterocycles. The van der Waals surface area contributed by atoms with E-state index in [0.29, 0.717) is 44.8 Å². The Morgan fingerprint density at radius 3 is 2.23 bits per heavy atom. The van der Waals surface area contributed by atoms with Crippen molar-refractivity contribution < 1.29 is 13.5 Å². The SMILES string of the molecule is CS(=O)(=O)N1CCN(C[C@@H](O)CN2[C@@H]3C[CH]C[C@H]2CC3)CC1. The average Bonchev–Trinajstić information content (AvgIpc) is 2.69. The molecule has 6 nitrogen and oxygen atoms in total. The molecule has 1 radical (unpaired) electrons. The Morgan fingerprint density at radius 1 is 1.09 bits per heavy atom. The summed E-state index contributed by atoms with van der Waals surface area (Å²) in [5.74, 6) is 0. The predicted molar refractivity (Wildman–Crippen MR) is 85.9 cm³/mol. The fourth-order valence-electron chi connectivity index (χ4n) is 4.14. The summed E-state index contributed by atoms with van der Waals surface area (Å²) in [6.07, 6.45) is 8.18. The summed E-state index contributed by atoms with van der Waals surface area (Å²) in [7, 11) is -3.07. The van der Waals surface area contributed by atoms with Gasteiger partial charge in [-0.05, 0) is 32.1 Å². The largest absolute Gasteiger partial charge is 0.390 e. The van der Waals surface area contributed by atoms with Crippen molar-refractivity contribution in [3.8, 4) is 0 Å². The van der Waals surface area contributed by atoms with E-state index in [4.69, 9.17) is 0 Å². The molecule has 0 spiro atoms. The molecule has 0 aromatic carbocycles. The molecule has 3 heterocycles. The highest BCUT2D eigenvalue weighted by Crippen LogP contribution is 2.34. The lowest BCUT2D eigenvalue weighted by Gasteiger charge is -2.38. The number of piperazine rings is 1. The molecule has 1 N–H and O–H groups in total. The Balaban J connectivity index is 1.44. The molecule has 0 aromatic rings. The minimum absolute atomic E-state index is 0.342. The fourth-order valence-corrected chi connectivity index (χ4v) is 4.97. The summed E-state index contributed by atoms with van der Waals surface area (Å²) in [6, 6.07) is 1.27. The van der Waals surface area contributed by atoms with Crippen molar-refractivity contribution in [2.24, 2.45) is 0 Å². The normalized spacial score (nSPS) is 33.2. The maximum atomic E-state index is 11.5. The third-order valence-corrected chi connectivity index (χ3v) is 6.64. The molecule has 3 saturated heterocycles. The molecule has 0 aliphatic carbocycles. The second kappa shape index (κ2) is 6.73. The average molecular weight is 330 g/mol. The molecule has 2 bridgehead atoms. The lowest BCUT2D eigenvalue weighted by molar-refractivity contribution is 0.0399. The van der Waals surface area contributed by atoms with Gasteiger partial charge in [-0.3, -0.25) is 9.80 Å². The van der Waals surface area contributed by atoms with E-state index in [1.54, 1.807) is 0 Å². The van der Waals surface area contributed by atoms with Gasteiger partial charge in [0.2, 0.25) is 10.0 Å². The summed E-state index contributed by atoms with van der Waals surface area (Å²) in [5.41, 5.74) is 0. The number of piperidine rings is 1. The Morgan fingerprint density at radius 2 is 1.68 bits per heavy atom. The van der Waals surface area contributed by atoms with Gasteiger partial charge in [-0.1, -0.05) is 0 Å². The van der Waals surface area contributed by atoms with Crippen molar-refractivity contribution >= 4 is 10.0 Å². The first-order valence-electron chi connectivity index (χ1n) is 8.36. The Hall–Kier alpha value is -0.210. The Bertz CT molecular complexity index is 460. The summed E-state index contributed by atoms with van der Waals surface area (Å²) < 4.78 is 24.5. The lowest BCUT2D eigenvalue weighted by atomic mass is 10.0. The fraction of sp³-hybridized carbons (Fsp3) is 0.933. The van der Waals surface area contributed by atoms with E-state index in [9.17, 15) is 13.5 Å². The molecule has 3 atom stereocenters. The first kappa shape index (κ1) is 16.6. The Kier molecular flexibility index (Phi) is 5.09. The first-order chi connectivity index (χ1) is 10.4. The van der Waals surface area contributed by atoms with Crippen molar-refractivity contribution in [3.63, 3.8) is 0 Å². The number of β-amino-alcohol motifs (C(OH)–C–C–N with tert-alkyl or cyclic N) is 1. The van der Waals surface area contributed by atoms with Gasteiger partial charge in [0.1, 0.15) is 0 Å². The molecular formula is C15H28N3O3S. The van der Waals surface area contributed by atoms with E-state index in [1.165, 1.54) is 23.4 Å². The number of hydrogen-bond acceptors (Lipinski definition) is 5. The van der Waals surface area contributed by atoms with Crippen LogP contribution in [0.2, 0.25) is 0 Å². The highest BCUT2D eigenvalue weighted by Gasteiger charge is 2.37. The minimum Gasteiger partial charge on any atom is -0.390 e. The third-order valence-electron chi connectivity index (χ3n) is 5.34. The topological polar surface area (TPSA) is 64.1 Å². The molecule has 3 rings (SSSR count). The zero-order valence-corrected chi connectivity index (χ0v) is 14.2. The van der Waals surface area contributed by atoms with E-state index < -0.39 is 10.0 Å². The van der Waals surface area contributed by atoms with Gasteiger partial charge in [0.15, 0.2) is 0 Å². The summed E-state index contributed by atoms with van der Waals surface area (Å²) in [6.45, 7) is 3.91. The number of aliphatic hydroxyl groups is 1. The molecule has 0 saturated carbocycles. The number of rotatable bonds is 5. The molecule has 127 valence electrons. The van der Waals surface area contributed by atoms with Gasteiger partial charge in [-0.25, -0.2) is 8.42 Å². The highest BCUT2D eigenvalue weighted by molar-refractivity contribution is 7.88. The molecule has 7 heteroatoms. The molecule has 0 unspecified atom stereocenters. The van der Waals surface area contributed by atoms with Gasteiger partial charge < -0.3 is 5.11 Å². The van der Waals surface area contributed by atoms with Crippen LogP contribution >= 0.6 is 0 Å². The standard InChI is InChI=1S/C15H28N3O3S/c1-22(20,21)17-9-7-16(8-10-17)11-15(19)12-18-13-3-2-4-14(18)6-5-13/h2,13-15,19H,3-12H2,1H3/t13-,14+,15-/m1/s1. The second-order valence-electron chi connectivity index (χ2n) is 6.96. The van der Waals surface area contributed by atoms with Gasteiger partial charge in [0, 0.05) is 51.4 Å². The van der Waals surface area contributed by atoms with Crippen LogP contribution in [-0.2, 0) is 10.0 Å². The van der Waals surface area contributed by atoms with Gasteiger partial charge in [-0.2, -0.15) is 4.31 Å². The van der Waals surface area contributed by atoms with Crippen LogP contribution in [0.25, 0.3) is 0 Å². The summed E-state index contributed by atoms with van der Waals surface area (Å²) in [5, 5.41) is 10.4. The molecule has 0 amide bonds. The summed E-state index contributed by atoms with van der Waals surface area (Å²) in [4.78, 5) is 4.68. The lowest BCUT2D eigenvalue weighted by Crippen LogP contribution is -2.52. The molecular weight excluding hydrogens is 302 g/mol. The third kappa shape index (κ3) is 3.82. The van der Waals surface area contributed by atoms with Gasteiger partial charge >= 0.3 is 0 Å². The van der Waals surface area contributed by atoms with E-state index in [1.807, 2.05) is 0 Å². The van der Waals surface area contributed by atoms with E-state index >= 15 is 0 Å². The van der Waals surface area contributed by atoms with Crippen molar-refractivity contribution in [3.05, 3.63) is 6.42 Å². The van der Waals surface area contributed by atoms with Gasteiger partial charge in [0.25, 0.3) is 0 Å². The van der Waals surface area contributed by atoms with Crippen LogP contribution in [0, 0.1) is 6.42 Å². The number of sulfonamides is 1. The number of hydrogen-bond donors (Lipinski definition) is 1. The van der Waals surface area contributed by atoms with Crippen LogP contribution in [0.1, 0.15) is 25.7 Å². The van der Waals surface area contributed by atoms with Crippen LogP contribution in [0.5, 0.6) is 0 Å². The van der Waals surface area contributed by atoms with Crippen LogP contribution in [0.4, 0.5) is 0 Å². The maximum Gasteiger partial charge on any atom is 0.211 e. The van der Waals surface area contributed by atoms with E-state index in [0.717, 1.165) is 19.4 Å². The maximum absolute atomic E-state index is 11.5. The molecule has 22 heavy (non-hydrogen) atoms. The van der Waals surface area contributed by atoms with Crippen molar-refractivity contribution in [1.82, 2.24) is 14.1 Å². The minimum atomic E-state index is -3.07. The van der Waals surface area contributed by atoms with E-state index in [-0.39, 0.29) is 6.10 Å². The van der Waals surface area contributed by atoms with Crippen molar-refractivity contribution in [1.29, 1.82) is 0 Å². The zero-order chi connectivity index (χ0) is 15.7.